The monoisotopic (exact) mass is 452 g/mol. The minimum absolute atomic E-state index is 0.182. The Morgan fingerprint density at radius 1 is 1.06 bits per heavy atom. The Hall–Kier alpha value is -3.20. The lowest BCUT2D eigenvalue weighted by Crippen LogP contribution is -2.80. The summed E-state index contributed by atoms with van der Waals surface area (Å²) < 4.78 is 30.1. The molecule has 5 rings (SSSR count). The van der Waals surface area contributed by atoms with E-state index in [1.54, 1.807) is 12.0 Å². The van der Waals surface area contributed by atoms with Gasteiger partial charge in [0.2, 0.25) is 0 Å². The van der Waals surface area contributed by atoms with Crippen molar-refractivity contribution in [3.63, 3.8) is 0 Å². The normalized spacial score (nSPS) is 18.3. The smallest absolute Gasteiger partial charge is 0.253 e. The van der Waals surface area contributed by atoms with Crippen LogP contribution in [0.15, 0.2) is 60.7 Å². The van der Waals surface area contributed by atoms with Crippen LogP contribution in [0.1, 0.15) is 10.4 Å². The van der Waals surface area contributed by atoms with E-state index < -0.39 is 11.0 Å². The van der Waals surface area contributed by atoms with Crippen LogP contribution in [0.5, 0.6) is 11.5 Å². The van der Waals surface area contributed by atoms with Crippen molar-refractivity contribution in [3.8, 4) is 11.5 Å². The van der Waals surface area contributed by atoms with E-state index in [1.807, 2.05) is 36.4 Å². The van der Waals surface area contributed by atoms with Crippen LogP contribution < -0.4 is 15.0 Å². The molecule has 7 nitrogen and oxygen atoms in total. The number of benzene rings is 3. The van der Waals surface area contributed by atoms with E-state index >= 15 is 0 Å². The number of carbonyl (C=O) groups excluding carboxylic acids is 1. The molecule has 2 saturated heterocycles. The van der Waals surface area contributed by atoms with Gasteiger partial charge in [-0.3, -0.25) is 4.79 Å². The third kappa shape index (κ3) is 3.70. The van der Waals surface area contributed by atoms with Crippen LogP contribution in [0.2, 0.25) is 0 Å². The highest BCUT2D eigenvalue weighted by atomic mass is 19.1. The number of amides is 1. The average molecular weight is 452 g/mol. The van der Waals surface area contributed by atoms with E-state index in [9.17, 15) is 14.4 Å². The predicted molar refractivity (Wildman–Crippen MR) is 119 cm³/mol. The number of hydrogen-bond donors (Lipinski definition) is 2. The molecule has 0 aliphatic carbocycles. The van der Waals surface area contributed by atoms with Gasteiger partial charge in [0.1, 0.15) is 22.9 Å². The molecule has 0 atom stereocenters. The fourth-order valence-corrected chi connectivity index (χ4v) is 4.57. The topological polar surface area (TPSA) is 80.3 Å². The molecule has 172 valence electrons. The molecule has 3 aromatic rings. The molecule has 33 heavy (non-hydrogen) atoms. The standard InChI is InChI=1S/C25H25FN2O5/c1-31-21-8-4-19-11-22(9-5-18(19)10-21)33-14-24(25(27-30)15-32-16-25)12-28(13-24)23(29)17-2-6-20(26)7-3-17/h2-11,27,30H,12-16H2,1H3. The van der Waals surface area contributed by atoms with Crippen LogP contribution in [0, 0.1) is 11.2 Å². The van der Waals surface area contributed by atoms with Crippen molar-refractivity contribution in [1.82, 2.24) is 10.4 Å². The van der Waals surface area contributed by atoms with Gasteiger partial charge in [0, 0.05) is 18.7 Å². The number of nitrogens with one attached hydrogen (secondary N) is 1. The molecule has 2 heterocycles. The lowest BCUT2D eigenvalue weighted by molar-refractivity contribution is -0.226. The SMILES string of the molecule is COc1ccc2cc(OCC3(C4(NO)COC4)CN(C(=O)c4ccc(F)cc4)C3)ccc2c1. The van der Waals surface area contributed by atoms with Gasteiger partial charge in [-0.2, -0.15) is 5.48 Å². The third-order valence-electron chi connectivity index (χ3n) is 6.83. The minimum atomic E-state index is -0.698. The number of ether oxygens (including phenoxy) is 3. The van der Waals surface area contributed by atoms with Crippen molar-refractivity contribution in [1.29, 1.82) is 0 Å². The van der Waals surface area contributed by atoms with E-state index in [-0.39, 0.29) is 11.7 Å². The number of nitrogens with zero attached hydrogens (tertiary/aromatic N) is 1. The summed E-state index contributed by atoms with van der Waals surface area (Å²) >= 11 is 0. The average Bonchev–Trinajstić information content (AvgIpc) is 2.79. The number of fused-ring (bicyclic) bond motifs is 1. The Bertz CT molecular complexity index is 1170. The summed E-state index contributed by atoms with van der Waals surface area (Å²) in [4.78, 5) is 14.5. The summed E-state index contributed by atoms with van der Waals surface area (Å²) in [6.07, 6.45) is 0. The third-order valence-corrected chi connectivity index (χ3v) is 6.83. The van der Waals surface area contributed by atoms with Gasteiger partial charge in [0.15, 0.2) is 0 Å². The van der Waals surface area contributed by atoms with Gasteiger partial charge in [-0.05, 0) is 59.3 Å². The van der Waals surface area contributed by atoms with Crippen LogP contribution in [0.3, 0.4) is 0 Å². The first-order valence-electron chi connectivity index (χ1n) is 10.7. The second kappa shape index (κ2) is 8.30. The Morgan fingerprint density at radius 2 is 1.70 bits per heavy atom. The van der Waals surface area contributed by atoms with Crippen molar-refractivity contribution >= 4 is 16.7 Å². The molecule has 2 aliphatic rings. The van der Waals surface area contributed by atoms with Crippen molar-refractivity contribution < 1.29 is 28.6 Å². The molecular weight excluding hydrogens is 427 g/mol. The number of hydrogen-bond acceptors (Lipinski definition) is 6. The second-order valence-corrected chi connectivity index (χ2v) is 8.80. The molecule has 0 aromatic heterocycles. The summed E-state index contributed by atoms with van der Waals surface area (Å²) in [5.41, 5.74) is 1.62. The van der Waals surface area contributed by atoms with Crippen molar-refractivity contribution in [2.24, 2.45) is 5.41 Å². The molecule has 0 saturated carbocycles. The lowest BCUT2D eigenvalue weighted by Gasteiger charge is -2.61. The van der Waals surface area contributed by atoms with E-state index in [1.165, 1.54) is 24.3 Å². The molecule has 8 heteroatoms. The van der Waals surface area contributed by atoms with Crippen LogP contribution in [-0.4, -0.2) is 61.6 Å². The van der Waals surface area contributed by atoms with Crippen LogP contribution in [0.25, 0.3) is 10.8 Å². The number of methoxy groups -OCH3 is 1. The zero-order valence-corrected chi connectivity index (χ0v) is 18.2. The number of rotatable bonds is 7. The van der Waals surface area contributed by atoms with Gasteiger partial charge < -0.3 is 24.3 Å². The highest BCUT2D eigenvalue weighted by Gasteiger charge is 2.63. The predicted octanol–water partition coefficient (Wildman–Crippen LogP) is 3.26. The van der Waals surface area contributed by atoms with Gasteiger partial charge in [-0.1, -0.05) is 12.1 Å². The van der Waals surface area contributed by atoms with Crippen LogP contribution in [0.4, 0.5) is 4.39 Å². The van der Waals surface area contributed by atoms with Crippen molar-refractivity contribution in [2.45, 2.75) is 5.54 Å². The van der Waals surface area contributed by atoms with Gasteiger partial charge in [0.05, 0.1) is 32.3 Å². The molecule has 0 radical (unpaired) electrons. The molecule has 2 N–H and O–H groups in total. The molecular formula is C25H25FN2O5. The summed E-state index contributed by atoms with van der Waals surface area (Å²) in [6.45, 7) is 1.69. The van der Waals surface area contributed by atoms with E-state index in [0.29, 0.717) is 44.2 Å². The van der Waals surface area contributed by atoms with Crippen LogP contribution in [-0.2, 0) is 4.74 Å². The Balaban J connectivity index is 1.33. The molecule has 0 bridgehead atoms. The first-order chi connectivity index (χ1) is 16.0. The van der Waals surface area contributed by atoms with Crippen molar-refractivity contribution in [3.05, 3.63) is 72.0 Å². The maximum Gasteiger partial charge on any atom is 0.253 e. The van der Waals surface area contributed by atoms with E-state index in [2.05, 4.69) is 5.48 Å². The van der Waals surface area contributed by atoms with E-state index in [0.717, 1.165) is 16.5 Å². The fourth-order valence-electron chi connectivity index (χ4n) is 4.57. The summed E-state index contributed by atoms with van der Waals surface area (Å²) in [5.74, 6) is 0.917. The number of carbonyl (C=O) groups is 1. The Morgan fingerprint density at radius 3 is 2.27 bits per heavy atom. The van der Waals surface area contributed by atoms with Crippen LogP contribution >= 0.6 is 0 Å². The van der Waals surface area contributed by atoms with Gasteiger partial charge in [0.25, 0.3) is 5.91 Å². The highest BCUT2D eigenvalue weighted by Crippen LogP contribution is 2.45. The molecule has 0 spiro atoms. The van der Waals surface area contributed by atoms with Gasteiger partial charge >= 0.3 is 0 Å². The summed E-state index contributed by atoms with van der Waals surface area (Å²) in [5, 5.41) is 12.0. The number of halogens is 1. The zero-order valence-electron chi connectivity index (χ0n) is 18.2. The molecule has 2 fully saturated rings. The highest BCUT2D eigenvalue weighted by molar-refractivity contribution is 5.95. The number of hydroxylamine groups is 1. The maximum atomic E-state index is 13.2. The summed E-state index contributed by atoms with van der Waals surface area (Å²) in [6, 6.07) is 17.2. The summed E-state index contributed by atoms with van der Waals surface area (Å²) in [7, 11) is 1.63. The van der Waals surface area contributed by atoms with Gasteiger partial charge in [-0.25, -0.2) is 4.39 Å². The molecule has 3 aromatic carbocycles. The van der Waals surface area contributed by atoms with Crippen molar-refractivity contribution in [2.75, 3.05) is 40.0 Å². The molecule has 1 amide bonds. The zero-order chi connectivity index (χ0) is 23.1. The first kappa shape index (κ1) is 21.6. The maximum absolute atomic E-state index is 13.2. The fraction of sp³-hybridized carbons (Fsp3) is 0.320. The largest absolute Gasteiger partial charge is 0.497 e. The Labute approximate surface area is 190 Å². The molecule has 2 aliphatic heterocycles. The number of likely N-dealkylation sites (tertiary alicyclic amines) is 1. The lowest BCUT2D eigenvalue weighted by atomic mass is 9.63. The molecule has 0 unspecified atom stereocenters. The minimum Gasteiger partial charge on any atom is -0.497 e. The Kier molecular flexibility index (Phi) is 5.44. The van der Waals surface area contributed by atoms with Gasteiger partial charge in [-0.15, -0.1) is 0 Å². The first-order valence-corrected chi connectivity index (χ1v) is 10.7. The quantitative estimate of drug-likeness (QED) is 0.536. The van der Waals surface area contributed by atoms with E-state index in [4.69, 9.17) is 14.2 Å². The second-order valence-electron chi connectivity index (χ2n) is 8.80.